The van der Waals surface area contributed by atoms with E-state index in [0.29, 0.717) is 22.6 Å². The van der Waals surface area contributed by atoms with Gasteiger partial charge in [0.05, 0.1) is 12.3 Å². The fourth-order valence-corrected chi connectivity index (χ4v) is 3.81. The van der Waals surface area contributed by atoms with Crippen molar-refractivity contribution in [2.45, 2.75) is 19.3 Å². The Bertz CT molecular complexity index is 1360. The maximum absolute atomic E-state index is 12.9. The Morgan fingerprint density at radius 1 is 0.967 bits per heavy atom. The molecule has 30 heavy (non-hydrogen) atoms. The first-order valence-corrected chi connectivity index (χ1v) is 9.31. The topological polar surface area (TPSA) is 110 Å². The zero-order valence-corrected chi connectivity index (χ0v) is 15.8. The molecule has 7 nitrogen and oxygen atoms in total. The summed E-state index contributed by atoms with van der Waals surface area (Å²) in [5.74, 6) is 0.340. The number of rotatable bonds is 2. The minimum Gasteiger partial charge on any atom is -0.508 e. The Kier molecular flexibility index (Phi) is 3.92. The SMILES string of the molecule is Cc1ccc([C@@H]2CC(=O)Oc3cc(O)c4c(=O)cc(-c5ccc(O)cc5)oc4c32)o1. The maximum Gasteiger partial charge on any atom is 0.312 e. The summed E-state index contributed by atoms with van der Waals surface area (Å²) in [5.41, 5.74) is 0.731. The van der Waals surface area contributed by atoms with Gasteiger partial charge in [-0.2, -0.15) is 0 Å². The van der Waals surface area contributed by atoms with Gasteiger partial charge in [0.25, 0.3) is 0 Å². The predicted octanol–water partition coefficient (Wildman–Crippen LogP) is 4.21. The molecular weight excluding hydrogens is 388 g/mol. The molecule has 0 spiro atoms. The van der Waals surface area contributed by atoms with Crippen molar-refractivity contribution in [1.29, 1.82) is 0 Å². The lowest BCUT2D eigenvalue weighted by Crippen LogP contribution is -2.21. The smallest absolute Gasteiger partial charge is 0.312 e. The lowest BCUT2D eigenvalue weighted by Gasteiger charge is -2.24. The first kappa shape index (κ1) is 18.1. The molecule has 5 rings (SSSR count). The van der Waals surface area contributed by atoms with Crippen LogP contribution in [0.3, 0.4) is 0 Å². The summed E-state index contributed by atoms with van der Waals surface area (Å²) in [4.78, 5) is 25.0. The fraction of sp³-hybridized carbons (Fsp3) is 0.130. The van der Waals surface area contributed by atoms with Crippen molar-refractivity contribution < 1.29 is 28.6 Å². The van der Waals surface area contributed by atoms with Crippen molar-refractivity contribution in [2.24, 2.45) is 0 Å². The highest BCUT2D eigenvalue weighted by Crippen LogP contribution is 2.46. The second-order valence-electron chi connectivity index (χ2n) is 7.21. The lowest BCUT2D eigenvalue weighted by molar-refractivity contribution is -0.135. The van der Waals surface area contributed by atoms with E-state index in [1.807, 2.05) is 0 Å². The van der Waals surface area contributed by atoms with E-state index in [2.05, 4.69) is 0 Å². The average molecular weight is 404 g/mol. The number of aryl methyl sites for hydroxylation is 1. The molecule has 0 fully saturated rings. The van der Waals surface area contributed by atoms with Gasteiger partial charge >= 0.3 is 5.97 Å². The molecule has 7 heteroatoms. The molecule has 3 heterocycles. The molecule has 0 amide bonds. The van der Waals surface area contributed by atoms with Crippen molar-refractivity contribution >= 4 is 16.9 Å². The molecule has 0 radical (unpaired) electrons. The van der Waals surface area contributed by atoms with Crippen molar-refractivity contribution in [3.63, 3.8) is 0 Å². The van der Waals surface area contributed by atoms with E-state index < -0.39 is 17.3 Å². The second-order valence-corrected chi connectivity index (χ2v) is 7.21. The zero-order chi connectivity index (χ0) is 21.0. The molecule has 0 saturated heterocycles. The van der Waals surface area contributed by atoms with Crippen LogP contribution in [-0.4, -0.2) is 16.2 Å². The van der Waals surface area contributed by atoms with E-state index in [-0.39, 0.29) is 40.4 Å². The number of phenols is 2. The number of phenolic OH excluding ortho intramolecular Hbond substituents is 2. The van der Waals surface area contributed by atoms with Crippen LogP contribution in [0.5, 0.6) is 17.2 Å². The van der Waals surface area contributed by atoms with Crippen LogP contribution in [0.25, 0.3) is 22.3 Å². The van der Waals surface area contributed by atoms with Gasteiger partial charge in [-0.25, -0.2) is 0 Å². The van der Waals surface area contributed by atoms with E-state index in [1.54, 1.807) is 31.2 Å². The third-order valence-corrected chi connectivity index (χ3v) is 5.18. The monoisotopic (exact) mass is 404 g/mol. The van der Waals surface area contributed by atoms with Gasteiger partial charge in [-0.3, -0.25) is 9.59 Å². The van der Waals surface area contributed by atoms with Gasteiger partial charge in [0.1, 0.15) is 45.5 Å². The molecule has 4 aromatic rings. The summed E-state index contributed by atoms with van der Waals surface area (Å²) in [6, 6.07) is 12.3. The summed E-state index contributed by atoms with van der Waals surface area (Å²) >= 11 is 0. The molecular formula is C23H16O7. The Morgan fingerprint density at radius 3 is 2.43 bits per heavy atom. The number of esters is 1. The Labute approximate surface area is 169 Å². The van der Waals surface area contributed by atoms with Crippen LogP contribution in [0, 0.1) is 6.92 Å². The van der Waals surface area contributed by atoms with Gasteiger partial charge in [0.15, 0.2) is 5.43 Å². The normalized spacial score (nSPS) is 15.8. The van der Waals surface area contributed by atoms with E-state index in [0.717, 1.165) is 0 Å². The predicted molar refractivity (Wildman–Crippen MR) is 107 cm³/mol. The minimum atomic E-state index is -0.531. The number of furan rings is 1. The molecule has 1 atom stereocenters. The quantitative estimate of drug-likeness (QED) is 0.380. The van der Waals surface area contributed by atoms with Gasteiger partial charge in [0, 0.05) is 23.3 Å². The van der Waals surface area contributed by atoms with Crippen LogP contribution in [0.1, 0.15) is 29.4 Å². The van der Waals surface area contributed by atoms with E-state index >= 15 is 0 Å². The van der Waals surface area contributed by atoms with E-state index in [1.165, 1.54) is 24.3 Å². The standard InChI is InChI=1S/C23H16O7/c1-11-2-7-17(28-11)14-8-20(27)29-19-10-16(26)22-15(25)9-18(30-23(22)21(14)19)12-3-5-13(24)6-4-12/h2-7,9-10,14,24,26H,8H2,1H3/t14-/m0/s1. The first-order valence-electron chi connectivity index (χ1n) is 9.31. The number of aromatic hydroxyl groups is 2. The molecule has 150 valence electrons. The minimum absolute atomic E-state index is 0.00232. The lowest BCUT2D eigenvalue weighted by atomic mass is 9.88. The number of benzene rings is 2. The number of hydrogen-bond donors (Lipinski definition) is 2. The summed E-state index contributed by atoms with van der Waals surface area (Å²) in [6.07, 6.45) is 0.00692. The zero-order valence-electron chi connectivity index (χ0n) is 15.8. The largest absolute Gasteiger partial charge is 0.508 e. The van der Waals surface area contributed by atoms with Crippen LogP contribution in [-0.2, 0) is 4.79 Å². The number of hydrogen-bond acceptors (Lipinski definition) is 7. The molecule has 0 aliphatic carbocycles. The van der Waals surface area contributed by atoms with Gasteiger partial charge in [-0.1, -0.05) is 0 Å². The summed E-state index contributed by atoms with van der Waals surface area (Å²) < 4.78 is 17.2. The summed E-state index contributed by atoms with van der Waals surface area (Å²) in [5, 5.41) is 20.0. The van der Waals surface area contributed by atoms with Gasteiger partial charge in [-0.05, 0) is 43.3 Å². The third kappa shape index (κ3) is 2.83. The van der Waals surface area contributed by atoms with Gasteiger partial charge < -0.3 is 23.8 Å². The number of fused-ring (bicyclic) bond motifs is 3. The van der Waals surface area contributed by atoms with Crippen LogP contribution < -0.4 is 10.2 Å². The van der Waals surface area contributed by atoms with Crippen LogP contribution in [0.2, 0.25) is 0 Å². The summed E-state index contributed by atoms with van der Waals surface area (Å²) in [7, 11) is 0. The molecule has 1 aliphatic heterocycles. The van der Waals surface area contributed by atoms with Crippen molar-refractivity contribution in [2.75, 3.05) is 0 Å². The third-order valence-electron chi connectivity index (χ3n) is 5.18. The van der Waals surface area contributed by atoms with E-state index in [4.69, 9.17) is 13.6 Å². The Balaban J connectivity index is 1.82. The molecule has 2 N–H and O–H groups in total. The van der Waals surface area contributed by atoms with Crippen molar-refractivity contribution in [3.05, 3.63) is 75.8 Å². The highest BCUT2D eigenvalue weighted by molar-refractivity contribution is 5.93. The number of carbonyl (C=O) groups is 1. The Morgan fingerprint density at radius 2 is 1.73 bits per heavy atom. The summed E-state index contributed by atoms with van der Waals surface area (Å²) in [6.45, 7) is 1.80. The number of ether oxygens (including phenoxy) is 1. The Hall–Kier alpha value is -4.00. The van der Waals surface area contributed by atoms with Crippen LogP contribution in [0.15, 0.2) is 62.2 Å². The van der Waals surface area contributed by atoms with Gasteiger partial charge in [0.2, 0.25) is 0 Å². The maximum atomic E-state index is 12.9. The highest BCUT2D eigenvalue weighted by Gasteiger charge is 2.35. The average Bonchev–Trinajstić information content (AvgIpc) is 3.13. The van der Waals surface area contributed by atoms with Crippen LogP contribution >= 0.6 is 0 Å². The van der Waals surface area contributed by atoms with Gasteiger partial charge in [-0.15, -0.1) is 0 Å². The van der Waals surface area contributed by atoms with Crippen LogP contribution in [0.4, 0.5) is 0 Å². The molecule has 2 aromatic heterocycles. The molecule has 0 bridgehead atoms. The highest BCUT2D eigenvalue weighted by atomic mass is 16.5. The first-order chi connectivity index (χ1) is 14.4. The molecule has 0 saturated carbocycles. The van der Waals surface area contributed by atoms with E-state index in [9.17, 15) is 19.8 Å². The van der Waals surface area contributed by atoms with Crippen molar-refractivity contribution in [1.82, 2.24) is 0 Å². The fourth-order valence-electron chi connectivity index (χ4n) is 3.81. The molecule has 2 aromatic carbocycles. The molecule has 0 unspecified atom stereocenters. The molecule has 1 aliphatic rings. The van der Waals surface area contributed by atoms with Crippen molar-refractivity contribution in [3.8, 4) is 28.6 Å². The number of carbonyl (C=O) groups excluding carboxylic acids is 1. The second kappa shape index (κ2) is 6.52.